The zero-order valence-corrected chi connectivity index (χ0v) is 12.6. The van der Waals surface area contributed by atoms with E-state index < -0.39 is 0 Å². The molecule has 1 unspecified atom stereocenters. The van der Waals surface area contributed by atoms with Crippen molar-refractivity contribution in [3.05, 3.63) is 41.5 Å². The molecule has 2 aromatic heterocycles. The number of rotatable bonds is 6. The quantitative estimate of drug-likeness (QED) is 0.878. The molecule has 5 heteroatoms. The number of anilines is 1. The van der Waals surface area contributed by atoms with Crippen molar-refractivity contribution in [1.82, 2.24) is 14.5 Å². The third-order valence-electron chi connectivity index (χ3n) is 3.17. The maximum atomic E-state index is 5.15. The third-order valence-corrected chi connectivity index (χ3v) is 3.17. The van der Waals surface area contributed by atoms with Crippen LogP contribution >= 0.6 is 0 Å². The standard InChI is InChI=1S/C15H22N4O/c1-11-7-16-6-5-14(11)9-19-8-12(2)17-15(19)18-13(3)10-20-4/h5-8,13H,9-10H2,1-4H3,(H,17,18). The van der Waals surface area contributed by atoms with Crippen molar-refractivity contribution in [2.75, 3.05) is 19.0 Å². The van der Waals surface area contributed by atoms with Gasteiger partial charge in [-0.3, -0.25) is 4.98 Å². The van der Waals surface area contributed by atoms with Gasteiger partial charge in [-0.05, 0) is 38.0 Å². The summed E-state index contributed by atoms with van der Waals surface area (Å²) in [6.45, 7) is 7.60. The number of imidazole rings is 1. The van der Waals surface area contributed by atoms with Crippen LogP contribution in [-0.2, 0) is 11.3 Å². The Labute approximate surface area is 120 Å². The topological polar surface area (TPSA) is 52.0 Å². The molecule has 20 heavy (non-hydrogen) atoms. The molecular weight excluding hydrogens is 252 g/mol. The second kappa shape index (κ2) is 6.52. The fourth-order valence-electron chi connectivity index (χ4n) is 2.16. The fourth-order valence-corrected chi connectivity index (χ4v) is 2.16. The van der Waals surface area contributed by atoms with Crippen LogP contribution in [0.3, 0.4) is 0 Å². The molecule has 0 amide bonds. The van der Waals surface area contributed by atoms with E-state index in [0.29, 0.717) is 6.61 Å². The van der Waals surface area contributed by atoms with E-state index >= 15 is 0 Å². The second-order valence-corrected chi connectivity index (χ2v) is 5.14. The monoisotopic (exact) mass is 274 g/mol. The lowest BCUT2D eigenvalue weighted by Gasteiger charge is -2.15. The Balaban J connectivity index is 2.17. The first-order chi connectivity index (χ1) is 9.60. The lowest BCUT2D eigenvalue weighted by atomic mass is 10.1. The van der Waals surface area contributed by atoms with E-state index in [-0.39, 0.29) is 6.04 Å². The summed E-state index contributed by atoms with van der Waals surface area (Å²) in [5, 5.41) is 3.38. The number of aryl methyl sites for hydroxylation is 2. The molecule has 108 valence electrons. The normalized spacial score (nSPS) is 12.4. The maximum Gasteiger partial charge on any atom is 0.203 e. The van der Waals surface area contributed by atoms with Gasteiger partial charge in [-0.1, -0.05) is 0 Å². The van der Waals surface area contributed by atoms with Gasteiger partial charge in [-0.15, -0.1) is 0 Å². The highest BCUT2D eigenvalue weighted by molar-refractivity contribution is 5.32. The number of hydrogen-bond acceptors (Lipinski definition) is 4. The smallest absolute Gasteiger partial charge is 0.203 e. The number of methoxy groups -OCH3 is 1. The Morgan fingerprint density at radius 3 is 2.90 bits per heavy atom. The number of pyridine rings is 1. The molecule has 0 aliphatic heterocycles. The first-order valence-corrected chi connectivity index (χ1v) is 6.79. The van der Waals surface area contributed by atoms with Crippen molar-refractivity contribution in [3.8, 4) is 0 Å². The summed E-state index contributed by atoms with van der Waals surface area (Å²) in [7, 11) is 1.70. The summed E-state index contributed by atoms with van der Waals surface area (Å²) in [6.07, 6.45) is 5.77. The van der Waals surface area contributed by atoms with Crippen LogP contribution in [0.4, 0.5) is 5.95 Å². The number of ether oxygens (including phenoxy) is 1. The van der Waals surface area contributed by atoms with Crippen molar-refractivity contribution >= 4 is 5.95 Å². The summed E-state index contributed by atoms with van der Waals surface area (Å²) < 4.78 is 7.28. The van der Waals surface area contributed by atoms with Crippen LogP contribution in [0.2, 0.25) is 0 Å². The average molecular weight is 274 g/mol. The molecule has 0 fully saturated rings. The predicted molar refractivity (Wildman–Crippen MR) is 80.0 cm³/mol. The van der Waals surface area contributed by atoms with Gasteiger partial charge in [0.2, 0.25) is 5.95 Å². The Kier molecular flexibility index (Phi) is 4.74. The molecule has 2 rings (SSSR count). The Bertz CT molecular complexity index is 565. The van der Waals surface area contributed by atoms with Crippen LogP contribution < -0.4 is 5.32 Å². The largest absolute Gasteiger partial charge is 0.383 e. The van der Waals surface area contributed by atoms with E-state index in [0.717, 1.165) is 18.2 Å². The highest BCUT2D eigenvalue weighted by Gasteiger charge is 2.10. The maximum absolute atomic E-state index is 5.15. The van der Waals surface area contributed by atoms with Crippen molar-refractivity contribution in [3.63, 3.8) is 0 Å². The van der Waals surface area contributed by atoms with Gasteiger partial charge >= 0.3 is 0 Å². The van der Waals surface area contributed by atoms with E-state index in [9.17, 15) is 0 Å². The van der Waals surface area contributed by atoms with Gasteiger partial charge < -0.3 is 14.6 Å². The molecule has 0 radical (unpaired) electrons. The lowest BCUT2D eigenvalue weighted by molar-refractivity contribution is 0.190. The first-order valence-electron chi connectivity index (χ1n) is 6.79. The van der Waals surface area contributed by atoms with Crippen LogP contribution in [0.25, 0.3) is 0 Å². The molecule has 2 heterocycles. The summed E-state index contributed by atoms with van der Waals surface area (Å²) in [6, 6.07) is 2.27. The van der Waals surface area contributed by atoms with Crippen LogP contribution in [0.15, 0.2) is 24.7 Å². The van der Waals surface area contributed by atoms with Crippen LogP contribution in [-0.4, -0.2) is 34.3 Å². The molecule has 0 aromatic carbocycles. The minimum Gasteiger partial charge on any atom is -0.383 e. The Morgan fingerprint density at radius 1 is 1.40 bits per heavy atom. The number of aromatic nitrogens is 3. The summed E-state index contributed by atoms with van der Waals surface area (Å²) in [4.78, 5) is 8.67. The average Bonchev–Trinajstić information content (AvgIpc) is 2.72. The van der Waals surface area contributed by atoms with Gasteiger partial charge in [-0.25, -0.2) is 4.98 Å². The van der Waals surface area contributed by atoms with Gasteiger partial charge in [0, 0.05) is 31.7 Å². The highest BCUT2D eigenvalue weighted by atomic mass is 16.5. The van der Waals surface area contributed by atoms with E-state index in [1.807, 2.05) is 25.4 Å². The van der Waals surface area contributed by atoms with Gasteiger partial charge in [0.1, 0.15) is 0 Å². The van der Waals surface area contributed by atoms with Crippen molar-refractivity contribution in [1.29, 1.82) is 0 Å². The van der Waals surface area contributed by atoms with Crippen LogP contribution in [0.1, 0.15) is 23.7 Å². The number of nitrogens with zero attached hydrogens (tertiary/aromatic N) is 3. The molecule has 0 aliphatic rings. The van der Waals surface area contributed by atoms with Crippen LogP contribution in [0, 0.1) is 13.8 Å². The van der Waals surface area contributed by atoms with Crippen molar-refractivity contribution in [2.45, 2.75) is 33.4 Å². The molecule has 1 atom stereocenters. The molecule has 0 aliphatic carbocycles. The Hall–Kier alpha value is -1.88. The summed E-state index contributed by atoms with van der Waals surface area (Å²) in [5.41, 5.74) is 3.44. The molecule has 0 saturated carbocycles. The zero-order valence-electron chi connectivity index (χ0n) is 12.6. The number of nitrogens with one attached hydrogen (secondary N) is 1. The van der Waals surface area contributed by atoms with Gasteiger partial charge in [-0.2, -0.15) is 0 Å². The van der Waals surface area contributed by atoms with Crippen molar-refractivity contribution in [2.24, 2.45) is 0 Å². The zero-order chi connectivity index (χ0) is 14.5. The van der Waals surface area contributed by atoms with E-state index in [1.54, 1.807) is 7.11 Å². The minimum atomic E-state index is 0.221. The van der Waals surface area contributed by atoms with E-state index in [4.69, 9.17) is 4.74 Å². The van der Waals surface area contributed by atoms with E-state index in [1.165, 1.54) is 11.1 Å². The summed E-state index contributed by atoms with van der Waals surface area (Å²) >= 11 is 0. The molecule has 0 saturated heterocycles. The molecule has 5 nitrogen and oxygen atoms in total. The minimum absolute atomic E-state index is 0.221. The molecule has 2 aromatic rings. The van der Waals surface area contributed by atoms with Crippen molar-refractivity contribution < 1.29 is 4.74 Å². The molecule has 0 spiro atoms. The van der Waals surface area contributed by atoms with Gasteiger partial charge in [0.25, 0.3) is 0 Å². The second-order valence-electron chi connectivity index (χ2n) is 5.14. The van der Waals surface area contributed by atoms with Gasteiger partial charge in [0.15, 0.2) is 0 Å². The fraction of sp³-hybridized carbons (Fsp3) is 0.467. The highest BCUT2D eigenvalue weighted by Crippen LogP contribution is 2.14. The summed E-state index contributed by atoms with van der Waals surface area (Å²) in [5.74, 6) is 0.878. The third kappa shape index (κ3) is 3.57. The molecule has 0 bridgehead atoms. The SMILES string of the molecule is COCC(C)Nc1nc(C)cn1Cc1ccncc1C. The van der Waals surface area contributed by atoms with E-state index in [2.05, 4.69) is 39.9 Å². The predicted octanol–water partition coefficient (Wildman–Crippen LogP) is 2.39. The lowest BCUT2D eigenvalue weighted by Crippen LogP contribution is -2.23. The van der Waals surface area contributed by atoms with Crippen LogP contribution in [0.5, 0.6) is 0 Å². The first kappa shape index (κ1) is 14.5. The molecular formula is C15H22N4O. The molecule has 1 N–H and O–H groups in total. The number of hydrogen-bond donors (Lipinski definition) is 1. The van der Waals surface area contributed by atoms with Gasteiger partial charge in [0.05, 0.1) is 18.8 Å². The Morgan fingerprint density at radius 2 is 2.20 bits per heavy atom.